The van der Waals surface area contributed by atoms with Crippen LogP contribution in [0.5, 0.6) is 0 Å². The van der Waals surface area contributed by atoms with Gasteiger partial charge >= 0.3 is 0 Å². The van der Waals surface area contributed by atoms with Crippen LogP contribution >= 0.6 is 0 Å². The van der Waals surface area contributed by atoms with Gasteiger partial charge in [0.25, 0.3) is 0 Å². The van der Waals surface area contributed by atoms with E-state index >= 15 is 0 Å². The molecule has 1 fully saturated rings. The molecule has 1 aromatic rings. The Morgan fingerprint density at radius 1 is 1.20 bits per heavy atom. The second-order valence-electron chi connectivity index (χ2n) is 5.18. The zero-order valence-electron chi connectivity index (χ0n) is 11.8. The molecule has 20 heavy (non-hydrogen) atoms. The number of aliphatic hydroxyl groups excluding tert-OH is 1. The molecule has 0 bridgehead atoms. The van der Waals surface area contributed by atoms with Crippen molar-refractivity contribution in [3.8, 4) is 0 Å². The second kappa shape index (κ2) is 6.67. The van der Waals surface area contributed by atoms with Gasteiger partial charge in [0, 0.05) is 20.1 Å². The quantitative estimate of drug-likeness (QED) is 0.847. The highest BCUT2D eigenvalue weighted by molar-refractivity contribution is 7.89. The third kappa shape index (κ3) is 3.58. The molecule has 1 aliphatic heterocycles. The Hall–Kier alpha value is -0.950. The Labute approximate surface area is 120 Å². The molecule has 0 atom stereocenters. The summed E-state index contributed by atoms with van der Waals surface area (Å²) < 4.78 is 26.2. The lowest BCUT2D eigenvalue weighted by atomic mass is 10.2. The van der Waals surface area contributed by atoms with Gasteiger partial charge in [0.15, 0.2) is 0 Å². The van der Waals surface area contributed by atoms with E-state index in [-0.39, 0.29) is 11.5 Å². The fourth-order valence-corrected chi connectivity index (χ4v) is 3.52. The number of sulfonamides is 1. The van der Waals surface area contributed by atoms with Gasteiger partial charge in [-0.1, -0.05) is 12.1 Å². The molecule has 112 valence electrons. The van der Waals surface area contributed by atoms with E-state index in [2.05, 4.69) is 4.90 Å². The van der Waals surface area contributed by atoms with Crippen LogP contribution in [0.25, 0.3) is 0 Å². The van der Waals surface area contributed by atoms with Crippen LogP contribution in [0.4, 0.5) is 0 Å². The lowest BCUT2D eigenvalue weighted by Crippen LogP contribution is -2.35. The van der Waals surface area contributed by atoms with Gasteiger partial charge in [-0.05, 0) is 43.6 Å². The highest BCUT2D eigenvalue weighted by Gasteiger charge is 2.21. The first-order valence-electron chi connectivity index (χ1n) is 6.92. The van der Waals surface area contributed by atoms with E-state index in [0.29, 0.717) is 12.1 Å². The smallest absolute Gasteiger partial charge is 0.242 e. The standard InChI is InChI=1S/C14H22N2O3S/c1-15(10-11-16-8-2-3-9-16)20(18,19)14-6-4-13(12-17)5-7-14/h4-7,17H,2-3,8-12H2,1H3. The SMILES string of the molecule is CN(CCN1CCCC1)S(=O)(=O)c1ccc(CO)cc1. The summed E-state index contributed by atoms with van der Waals surface area (Å²) in [5.74, 6) is 0. The molecule has 6 heteroatoms. The molecule has 0 aliphatic carbocycles. The van der Waals surface area contributed by atoms with E-state index in [1.165, 1.54) is 17.1 Å². The Morgan fingerprint density at radius 3 is 2.35 bits per heavy atom. The van der Waals surface area contributed by atoms with Gasteiger partial charge in [0.2, 0.25) is 10.0 Å². The normalized spacial score (nSPS) is 16.9. The Morgan fingerprint density at radius 2 is 1.80 bits per heavy atom. The summed E-state index contributed by atoms with van der Waals surface area (Å²) in [4.78, 5) is 2.57. The summed E-state index contributed by atoms with van der Waals surface area (Å²) in [6.07, 6.45) is 2.41. The van der Waals surface area contributed by atoms with Crippen LogP contribution in [0.2, 0.25) is 0 Å². The van der Waals surface area contributed by atoms with Crippen molar-refractivity contribution < 1.29 is 13.5 Å². The van der Waals surface area contributed by atoms with Crippen LogP contribution < -0.4 is 0 Å². The number of hydrogen-bond donors (Lipinski definition) is 1. The van der Waals surface area contributed by atoms with Crippen LogP contribution in [0.3, 0.4) is 0 Å². The summed E-state index contributed by atoms with van der Waals surface area (Å²) in [5.41, 5.74) is 0.712. The van der Waals surface area contributed by atoms with Gasteiger partial charge in [0.1, 0.15) is 0 Å². The number of nitrogens with zero attached hydrogens (tertiary/aromatic N) is 2. The molecule has 1 heterocycles. The third-order valence-electron chi connectivity index (χ3n) is 3.74. The van der Waals surface area contributed by atoms with Gasteiger partial charge in [0.05, 0.1) is 11.5 Å². The average Bonchev–Trinajstić information content (AvgIpc) is 2.98. The number of benzene rings is 1. The van der Waals surface area contributed by atoms with Crippen LogP contribution in [-0.4, -0.2) is 56.0 Å². The number of rotatable bonds is 6. The summed E-state index contributed by atoms with van der Waals surface area (Å²) >= 11 is 0. The molecule has 5 nitrogen and oxygen atoms in total. The fourth-order valence-electron chi connectivity index (χ4n) is 2.36. The Balaban J connectivity index is 2.00. The van der Waals surface area contributed by atoms with Crippen molar-refractivity contribution >= 4 is 10.0 Å². The molecule has 0 radical (unpaired) electrons. The first-order valence-corrected chi connectivity index (χ1v) is 8.36. The van der Waals surface area contributed by atoms with Crippen molar-refractivity contribution in [2.24, 2.45) is 0 Å². The molecule has 2 rings (SSSR count). The molecule has 1 aromatic carbocycles. The minimum atomic E-state index is -3.43. The number of likely N-dealkylation sites (tertiary alicyclic amines) is 1. The third-order valence-corrected chi connectivity index (χ3v) is 5.62. The van der Waals surface area contributed by atoms with Crippen LogP contribution in [0.15, 0.2) is 29.2 Å². The topological polar surface area (TPSA) is 60.9 Å². The zero-order valence-corrected chi connectivity index (χ0v) is 12.6. The monoisotopic (exact) mass is 298 g/mol. The van der Waals surface area contributed by atoms with Crippen molar-refractivity contribution in [2.45, 2.75) is 24.3 Å². The first kappa shape index (κ1) is 15.4. The molecule has 1 N–H and O–H groups in total. The second-order valence-corrected chi connectivity index (χ2v) is 7.22. The minimum Gasteiger partial charge on any atom is -0.392 e. The predicted molar refractivity (Wildman–Crippen MR) is 77.9 cm³/mol. The summed E-state index contributed by atoms with van der Waals surface area (Å²) in [6, 6.07) is 6.38. The largest absolute Gasteiger partial charge is 0.392 e. The van der Waals surface area contributed by atoms with Gasteiger partial charge in [-0.2, -0.15) is 4.31 Å². The van der Waals surface area contributed by atoms with E-state index < -0.39 is 10.0 Å². The molecule has 0 spiro atoms. The summed E-state index contributed by atoms with van der Waals surface area (Å²) in [6.45, 7) is 3.35. The molecule has 0 amide bonds. The average molecular weight is 298 g/mol. The maximum Gasteiger partial charge on any atom is 0.242 e. The lowest BCUT2D eigenvalue weighted by Gasteiger charge is -2.21. The Kier molecular flexibility index (Phi) is 5.15. The maximum atomic E-state index is 12.4. The number of aliphatic hydroxyl groups is 1. The molecule has 0 aromatic heterocycles. The number of likely N-dealkylation sites (N-methyl/N-ethyl adjacent to an activating group) is 1. The van der Waals surface area contributed by atoms with E-state index in [1.807, 2.05) is 0 Å². The molecule has 1 saturated heterocycles. The van der Waals surface area contributed by atoms with Crippen molar-refractivity contribution in [1.29, 1.82) is 0 Å². The predicted octanol–water partition coefficient (Wildman–Crippen LogP) is 0.895. The van der Waals surface area contributed by atoms with Crippen LogP contribution in [-0.2, 0) is 16.6 Å². The lowest BCUT2D eigenvalue weighted by molar-refractivity contribution is 0.281. The van der Waals surface area contributed by atoms with E-state index in [9.17, 15) is 8.42 Å². The Bertz CT molecular complexity index is 522. The maximum absolute atomic E-state index is 12.4. The fraction of sp³-hybridized carbons (Fsp3) is 0.571. The van der Waals surface area contributed by atoms with Gasteiger partial charge in [-0.3, -0.25) is 0 Å². The van der Waals surface area contributed by atoms with Crippen molar-refractivity contribution in [3.05, 3.63) is 29.8 Å². The van der Waals surface area contributed by atoms with Crippen molar-refractivity contribution in [2.75, 3.05) is 33.2 Å². The van der Waals surface area contributed by atoms with Crippen LogP contribution in [0.1, 0.15) is 18.4 Å². The van der Waals surface area contributed by atoms with Crippen molar-refractivity contribution in [3.63, 3.8) is 0 Å². The molecule has 0 unspecified atom stereocenters. The summed E-state index contributed by atoms with van der Waals surface area (Å²) in [7, 11) is -1.81. The van der Waals surface area contributed by atoms with Gasteiger partial charge < -0.3 is 10.0 Å². The highest BCUT2D eigenvalue weighted by atomic mass is 32.2. The summed E-state index contributed by atoms with van der Waals surface area (Å²) in [5, 5.41) is 8.98. The van der Waals surface area contributed by atoms with E-state index in [1.54, 1.807) is 31.3 Å². The van der Waals surface area contributed by atoms with E-state index in [0.717, 1.165) is 19.6 Å². The van der Waals surface area contributed by atoms with Crippen molar-refractivity contribution in [1.82, 2.24) is 9.21 Å². The van der Waals surface area contributed by atoms with Gasteiger partial charge in [-0.25, -0.2) is 8.42 Å². The molecule has 1 aliphatic rings. The minimum absolute atomic E-state index is 0.0782. The number of hydrogen-bond acceptors (Lipinski definition) is 4. The zero-order chi connectivity index (χ0) is 14.6. The first-order chi connectivity index (χ1) is 9.54. The van der Waals surface area contributed by atoms with Gasteiger partial charge in [-0.15, -0.1) is 0 Å². The van der Waals surface area contributed by atoms with E-state index in [4.69, 9.17) is 5.11 Å². The molecular formula is C14H22N2O3S. The molecular weight excluding hydrogens is 276 g/mol. The van der Waals surface area contributed by atoms with Crippen LogP contribution in [0, 0.1) is 0 Å². The highest BCUT2D eigenvalue weighted by Crippen LogP contribution is 2.16. The molecule has 0 saturated carbocycles.